The van der Waals surface area contributed by atoms with Gasteiger partial charge in [-0.3, -0.25) is 4.55 Å². The average Bonchev–Trinajstić information content (AvgIpc) is 2.56. The number of aromatic hydroxyl groups is 2. The first kappa shape index (κ1) is 18.6. The van der Waals surface area contributed by atoms with Gasteiger partial charge in [-0.15, -0.1) is 10.2 Å². The summed E-state index contributed by atoms with van der Waals surface area (Å²) in [4.78, 5) is -0.370. The summed E-state index contributed by atoms with van der Waals surface area (Å²) >= 11 is 0. The number of aryl methyl sites for hydroxylation is 2. The first-order valence-electron chi connectivity index (χ1n) is 7.82. The normalized spacial score (nSPS) is 12.1. The molecule has 0 aliphatic rings. The summed E-state index contributed by atoms with van der Waals surface area (Å²) in [7, 11) is -4.44. The molecule has 27 heavy (non-hydrogen) atoms. The van der Waals surface area contributed by atoms with Gasteiger partial charge in [0.15, 0.2) is 5.75 Å². The van der Waals surface area contributed by atoms with E-state index in [4.69, 9.17) is 5.73 Å². The molecular formula is C18H17N3O5S. The van der Waals surface area contributed by atoms with Gasteiger partial charge in [0.1, 0.15) is 17.1 Å². The summed E-state index contributed by atoms with van der Waals surface area (Å²) in [6.45, 7) is 3.49. The van der Waals surface area contributed by atoms with Crippen molar-refractivity contribution in [2.45, 2.75) is 18.7 Å². The van der Waals surface area contributed by atoms with Crippen LogP contribution in [-0.2, 0) is 10.1 Å². The molecular weight excluding hydrogens is 370 g/mol. The molecule has 0 amide bonds. The molecule has 8 nitrogen and oxygen atoms in total. The number of phenols is 2. The van der Waals surface area contributed by atoms with E-state index in [2.05, 4.69) is 10.2 Å². The summed E-state index contributed by atoms with van der Waals surface area (Å²) in [6.07, 6.45) is 0. The Morgan fingerprint density at radius 1 is 1.00 bits per heavy atom. The number of rotatable bonds is 3. The zero-order valence-electron chi connectivity index (χ0n) is 14.5. The number of benzene rings is 3. The van der Waals surface area contributed by atoms with Gasteiger partial charge >= 0.3 is 0 Å². The van der Waals surface area contributed by atoms with Gasteiger partial charge in [-0.25, -0.2) is 0 Å². The van der Waals surface area contributed by atoms with E-state index < -0.39 is 10.1 Å². The van der Waals surface area contributed by atoms with Crippen molar-refractivity contribution >= 4 is 38.0 Å². The molecule has 0 aliphatic heterocycles. The second kappa shape index (κ2) is 6.53. The van der Waals surface area contributed by atoms with Crippen LogP contribution in [0, 0.1) is 13.8 Å². The van der Waals surface area contributed by atoms with Gasteiger partial charge in [-0.2, -0.15) is 8.42 Å². The van der Waals surface area contributed by atoms with Crippen molar-refractivity contribution in [2.24, 2.45) is 10.2 Å². The summed E-state index contributed by atoms with van der Waals surface area (Å²) < 4.78 is 32.0. The van der Waals surface area contributed by atoms with Gasteiger partial charge in [0.25, 0.3) is 10.1 Å². The fourth-order valence-corrected chi connectivity index (χ4v) is 3.30. The Morgan fingerprint density at radius 2 is 1.70 bits per heavy atom. The minimum atomic E-state index is -4.44. The van der Waals surface area contributed by atoms with Crippen LogP contribution in [0.2, 0.25) is 0 Å². The summed E-state index contributed by atoms with van der Waals surface area (Å²) in [5.74, 6) is -0.333. The lowest BCUT2D eigenvalue weighted by molar-refractivity contribution is 0.475. The summed E-state index contributed by atoms with van der Waals surface area (Å²) in [6, 6.07) is 8.69. The largest absolute Gasteiger partial charge is 0.506 e. The molecule has 5 N–H and O–H groups in total. The third-order valence-corrected chi connectivity index (χ3v) is 4.90. The number of hydrogen-bond donors (Lipinski definition) is 4. The van der Waals surface area contributed by atoms with Crippen LogP contribution < -0.4 is 5.73 Å². The van der Waals surface area contributed by atoms with E-state index in [0.29, 0.717) is 10.9 Å². The highest BCUT2D eigenvalue weighted by Gasteiger charge is 2.18. The van der Waals surface area contributed by atoms with Gasteiger partial charge in [-0.05, 0) is 60.7 Å². The predicted octanol–water partition coefficient (Wildman–Crippen LogP) is 4.11. The Bertz CT molecular complexity index is 1200. The zero-order valence-corrected chi connectivity index (χ0v) is 15.3. The maximum atomic E-state index is 11.4. The van der Waals surface area contributed by atoms with Crippen LogP contribution in [0.1, 0.15) is 11.1 Å². The monoisotopic (exact) mass is 387 g/mol. The molecule has 0 unspecified atom stereocenters. The van der Waals surface area contributed by atoms with E-state index >= 15 is 0 Å². The zero-order chi connectivity index (χ0) is 19.9. The van der Waals surface area contributed by atoms with Crippen molar-refractivity contribution in [1.29, 1.82) is 0 Å². The molecule has 0 saturated heterocycles. The molecule has 0 aromatic heterocycles. The lowest BCUT2D eigenvalue weighted by Gasteiger charge is -2.11. The molecule has 0 fully saturated rings. The topological polar surface area (TPSA) is 146 Å². The fourth-order valence-electron chi connectivity index (χ4n) is 2.75. The third kappa shape index (κ3) is 3.55. The minimum Gasteiger partial charge on any atom is -0.506 e. The fraction of sp³-hybridized carbons (Fsp3) is 0.111. The standard InChI is InChI=1S/C18H17N3O5S/c1-9-3-4-15(22)14(5-9)20-21-17-10(2)6-11-7-12(27(24,25)26)8-13(19)16(11)18(17)23/h3-8,22-23H,19H2,1-2H3,(H,24,25,26). The number of azo groups is 1. The van der Waals surface area contributed by atoms with Gasteiger partial charge in [0.05, 0.1) is 4.90 Å². The molecule has 3 aromatic rings. The van der Waals surface area contributed by atoms with Gasteiger partial charge in [0, 0.05) is 11.1 Å². The molecule has 0 radical (unpaired) electrons. The molecule has 0 atom stereocenters. The Kier molecular flexibility index (Phi) is 4.50. The summed E-state index contributed by atoms with van der Waals surface area (Å²) in [5, 5.41) is 29.0. The molecule has 0 spiro atoms. The van der Waals surface area contributed by atoms with Crippen LogP contribution in [0.3, 0.4) is 0 Å². The molecule has 9 heteroatoms. The van der Waals surface area contributed by atoms with Crippen LogP contribution in [0.25, 0.3) is 10.8 Å². The highest BCUT2D eigenvalue weighted by Crippen LogP contribution is 2.42. The van der Waals surface area contributed by atoms with E-state index in [9.17, 15) is 23.2 Å². The van der Waals surface area contributed by atoms with Gasteiger partial charge in [0.2, 0.25) is 0 Å². The maximum absolute atomic E-state index is 11.4. The van der Waals surface area contributed by atoms with E-state index in [0.717, 1.165) is 11.6 Å². The highest BCUT2D eigenvalue weighted by molar-refractivity contribution is 7.85. The summed E-state index contributed by atoms with van der Waals surface area (Å²) in [5.41, 5.74) is 7.60. The van der Waals surface area contributed by atoms with Crippen molar-refractivity contribution in [2.75, 3.05) is 5.73 Å². The van der Waals surface area contributed by atoms with Crippen molar-refractivity contribution in [1.82, 2.24) is 0 Å². The number of anilines is 1. The van der Waals surface area contributed by atoms with E-state index in [1.54, 1.807) is 25.1 Å². The van der Waals surface area contributed by atoms with Crippen molar-refractivity contribution in [3.63, 3.8) is 0 Å². The van der Waals surface area contributed by atoms with Crippen LogP contribution in [0.15, 0.2) is 51.5 Å². The number of nitrogen functional groups attached to an aromatic ring is 1. The second-order valence-electron chi connectivity index (χ2n) is 6.17. The number of nitrogens with zero attached hydrogens (tertiary/aromatic N) is 2. The van der Waals surface area contributed by atoms with E-state index in [-0.39, 0.29) is 38.8 Å². The molecule has 3 rings (SSSR count). The van der Waals surface area contributed by atoms with Gasteiger partial charge < -0.3 is 15.9 Å². The van der Waals surface area contributed by atoms with Crippen molar-refractivity contribution in [3.8, 4) is 11.5 Å². The maximum Gasteiger partial charge on any atom is 0.294 e. The molecule has 0 bridgehead atoms. The molecule has 3 aromatic carbocycles. The number of fused-ring (bicyclic) bond motifs is 1. The number of nitrogens with two attached hydrogens (primary N) is 1. The third-order valence-electron chi connectivity index (χ3n) is 4.07. The molecule has 0 heterocycles. The van der Waals surface area contributed by atoms with Crippen LogP contribution in [0.5, 0.6) is 11.5 Å². The lowest BCUT2D eigenvalue weighted by atomic mass is 10.0. The molecule has 0 saturated carbocycles. The Labute approximate surface area is 155 Å². The smallest absolute Gasteiger partial charge is 0.294 e. The second-order valence-corrected chi connectivity index (χ2v) is 7.59. The van der Waals surface area contributed by atoms with E-state index in [1.807, 2.05) is 6.92 Å². The quantitative estimate of drug-likeness (QED) is 0.302. The van der Waals surface area contributed by atoms with Crippen LogP contribution >= 0.6 is 0 Å². The van der Waals surface area contributed by atoms with E-state index in [1.165, 1.54) is 12.1 Å². The highest BCUT2D eigenvalue weighted by atomic mass is 32.2. The van der Waals surface area contributed by atoms with Crippen molar-refractivity contribution < 1.29 is 23.2 Å². The first-order valence-corrected chi connectivity index (χ1v) is 9.26. The number of hydrogen-bond acceptors (Lipinski definition) is 7. The lowest BCUT2D eigenvalue weighted by Crippen LogP contribution is -2.00. The van der Waals surface area contributed by atoms with Crippen molar-refractivity contribution in [3.05, 3.63) is 47.5 Å². The minimum absolute atomic E-state index is 0.0347. The Morgan fingerprint density at radius 3 is 2.37 bits per heavy atom. The van der Waals surface area contributed by atoms with Gasteiger partial charge in [-0.1, -0.05) is 6.07 Å². The number of phenolic OH excluding ortho intramolecular Hbond substituents is 2. The van der Waals surface area contributed by atoms with Crippen LogP contribution in [-0.4, -0.2) is 23.2 Å². The Balaban J connectivity index is 2.19. The first-order chi connectivity index (χ1) is 12.6. The average molecular weight is 387 g/mol. The predicted molar refractivity (Wildman–Crippen MR) is 102 cm³/mol. The molecule has 140 valence electrons. The Hall–Kier alpha value is -3.17. The molecule has 0 aliphatic carbocycles. The van der Waals surface area contributed by atoms with Crippen LogP contribution in [0.4, 0.5) is 17.1 Å². The SMILES string of the molecule is Cc1ccc(O)c(N=Nc2c(C)cc3cc(S(=O)(=O)O)cc(N)c3c2O)c1.